The van der Waals surface area contributed by atoms with E-state index in [9.17, 15) is 13.6 Å². The van der Waals surface area contributed by atoms with Gasteiger partial charge in [0.05, 0.1) is 5.92 Å². The molecule has 29 heavy (non-hydrogen) atoms. The molecule has 0 aromatic heterocycles. The zero-order chi connectivity index (χ0) is 20.6. The third-order valence-electron chi connectivity index (χ3n) is 4.76. The van der Waals surface area contributed by atoms with Crippen LogP contribution in [0, 0.1) is 5.92 Å². The Morgan fingerprint density at radius 3 is 1.97 bits per heavy atom. The van der Waals surface area contributed by atoms with Gasteiger partial charge in [-0.25, -0.2) is 8.78 Å². The van der Waals surface area contributed by atoms with Gasteiger partial charge in [0, 0.05) is 11.3 Å². The Balaban J connectivity index is 1.83. The second kappa shape index (κ2) is 9.78. The van der Waals surface area contributed by atoms with Crippen molar-refractivity contribution in [3.05, 3.63) is 96.6 Å². The van der Waals surface area contributed by atoms with Crippen molar-refractivity contribution in [1.82, 2.24) is 0 Å². The Morgan fingerprint density at radius 1 is 0.862 bits per heavy atom. The molecule has 0 aliphatic heterocycles. The molecular formula is C25H23F2NO. The minimum Gasteiger partial charge on any atom is -0.326 e. The molecule has 4 heteroatoms. The summed E-state index contributed by atoms with van der Waals surface area (Å²) in [7, 11) is 0. The van der Waals surface area contributed by atoms with Gasteiger partial charge in [0.1, 0.15) is 0 Å². The van der Waals surface area contributed by atoms with E-state index in [0.29, 0.717) is 17.7 Å². The Hall–Kier alpha value is -3.27. The first-order valence-corrected chi connectivity index (χ1v) is 9.60. The van der Waals surface area contributed by atoms with E-state index in [1.807, 2.05) is 67.6 Å². The van der Waals surface area contributed by atoms with E-state index in [-0.39, 0.29) is 11.5 Å². The minimum atomic E-state index is -2.67. The molecule has 0 heterocycles. The van der Waals surface area contributed by atoms with Crippen LogP contribution in [0.5, 0.6) is 0 Å². The van der Waals surface area contributed by atoms with Crippen LogP contribution in [0.15, 0.2) is 91.0 Å². The maximum Gasteiger partial charge on any atom is 0.264 e. The van der Waals surface area contributed by atoms with Gasteiger partial charge in [0.25, 0.3) is 6.43 Å². The number of anilines is 1. The number of nitrogens with one attached hydrogen (secondary N) is 1. The van der Waals surface area contributed by atoms with Gasteiger partial charge in [0.2, 0.25) is 5.91 Å². The zero-order valence-electron chi connectivity index (χ0n) is 16.2. The molecule has 0 unspecified atom stereocenters. The molecule has 2 nitrogen and oxygen atoms in total. The lowest BCUT2D eigenvalue weighted by molar-refractivity contribution is -0.118. The largest absolute Gasteiger partial charge is 0.326 e. The molecule has 0 aliphatic rings. The maximum atomic E-state index is 13.8. The van der Waals surface area contributed by atoms with Crippen molar-refractivity contribution in [3.63, 3.8) is 0 Å². The van der Waals surface area contributed by atoms with Crippen LogP contribution in [-0.2, 0) is 4.79 Å². The smallest absolute Gasteiger partial charge is 0.264 e. The average Bonchev–Trinajstić information content (AvgIpc) is 2.76. The van der Waals surface area contributed by atoms with E-state index in [0.717, 1.165) is 11.1 Å². The number of hydrogen-bond donors (Lipinski definition) is 1. The van der Waals surface area contributed by atoms with Gasteiger partial charge in [0.15, 0.2) is 0 Å². The fourth-order valence-corrected chi connectivity index (χ4v) is 3.13. The lowest BCUT2D eigenvalue weighted by atomic mass is 9.95. The molecule has 1 amide bonds. The van der Waals surface area contributed by atoms with Crippen LogP contribution < -0.4 is 5.32 Å². The van der Waals surface area contributed by atoms with Gasteiger partial charge < -0.3 is 5.32 Å². The number of alkyl halides is 2. The average molecular weight is 391 g/mol. The predicted octanol–water partition coefficient (Wildman–Crippen LogP) is 6.67. The minimum absolute atomic E-state index is 0.125. The lowest BCUT2D eigenvalue weighted by Crippen LogP contribution is -2.21. The highest BCUT2D eigenvalue weighted by atomic mass is 19.3. The lowest BCUT2D eigenvalue weighted by Gasteiger charge is -2.15. The molecule has 0 saturated heterocycles. The van der Waals surface area contributed by atoms with Gasteiger partial charge >= 0.3 is 0 Å². The quantitative estimate of drug-likeness (QED) is 0.479. The number of carbonyl (C=O) groups excluding carboxylic acids is 1. The number of amides is 1. The molecule has 0 spiro atoms. The van der Waals surface area contributed by atoms with E-state index in [1.54, 1.807) is 24.3 Å². The van der Waals surface area contributed by atoms with Crippen molar-refractivity contribution >= 4 is 17.2 Å². The summed E-state index contributed by atoms with van der Waals surface area (Å²) in [6.45, 7) is 1.81. The van der Waals surface area contributed by atoms with Crippen molar-refractivity contribution in [3.8, 4) is 11.1 Å². The van der Waals surface area contributed by atoms with Gasteiger partial charge in [-0.2, -0.15) is 0 Å². The molecule has 3 aromatic rings. The van der Waals surface area contributed by atoms with Crippen LogP contribution in [0.1, 0.15) is 18.9 Å². The van der Waals surface area contributed by atoms with Gasteiger partial charge in [-0.05, 0) is 35.2 Å². The molecule has 0 fully saturated rings. The van der Waals surface area contributed by atoms with E-state index in [4.69, 9.17) is 0 Å². The topological polar surface area (TPSA) is 29.1 Å². The number of para-hydroxylation sites is 1. The first-order valence-electron chi connectivity index (χ1n) is 9.60. The summed E-state index contributed by atoms with van der Waals surface area (Å²) in [5.74, 6) is -0.939. The van der Waals surface area contributed by atoms with E-state index < -0.39 is 12.3 Å². The third-order valence-corrected chi connectivity index (χ3v) is 4.76. The number of carbonyl (C=O) groups is 1. The van der Waals surface area contributed by atoms with Crippen LogP contribution in [0.3, 0.4) is 0 Å². The number of hydrogen-bond acceptors (Lipinski definition) is 1. The molecule has 1 N–H and O–H groups in total. The second-order valence-electron chi connectivity index (χ2n) is 6.74. The number of rotatable bonds is 7. The normalized spacial score (nSPS) is 12.6. The molecule has 3 aromatic carbocycles. The summed E-state index contributed by atoms with van der Waals surface area (Å²) in [5, 5.41) is 2.79. The van der Waals surface area contributed by atoms with Crippen molar-refractivity contribution in [2.24, 2.45) is 5.92 Å². The zero-order valence-corrected chi connectivity index (χ0v) is 16.2. The summed E-state index contributed by atoms with van der Waals surface area (Å²) in [6.07, 6.45) is -0.853. The summed E-state index contributed by atoms with van der Waals surface area (Å²) in [4.78, 5) is 12.6. The summed E-state index contributed by atoms with van der Waals surface area (Å²) >= 11 is 0. The molecule has 0 saturated carbocycles. The highest BCUT2D eigenvalue weighted by Gasteiger charge is 2.20. The predicted molar refractivity (Wildman–Crippen MR) is 115 cm³/mol. The third kappa shape index (κ3) is 5.38. The number of benzene rings is 3. The molecule has 0 bridgehead atoms. The first kappa shape index (κ1) is 20.5. The van der Waals surface area contributed by atoms with E-state index in [1.165, 1.54) is 6.08 Å². The van der Waals surface area contributed by atoms with Gasteiger partial charge in [-0.1, -0.05) is 85.8 Å². The van der Waals surface area contributed by atoms with Crippen LogP contribution >= 0.6 is 0 Å². The van der Waals surface area contributed by atoms with Crippen molar-refractivity contribution in [2.75, 3.05) is 5.32 Å². The van der Waals surface area contributed by atoms with Gasteiger partial charge in [-0.3, -0.25) is 4.79 Å². The highest BCUT2D eigenvalue weighted by Crippen LogP contribution is 2.28. The monoisotopic (exact) mass is 391 g/mol. The summed E-state index contributed by atoms with van der Waals surface area (Å²) in [6, 6.07) is 25.8. The van der Waals surface area contributed by atoms with E-state index in [2.05, 4.69) is 5.32 Å². The van der Waals surface area contributed by atoms with Crippen molar-refractivity contribution in [1.29, 1.82) is 0 Å². The fraction of sp³-hybridized carbons (Fsp3) is 0.160. The Bertz CT molecular complexity index is 951. The van der Waals surface area contributed by atoms with Crippen LogP contribution in [0.2, 0.25) is 0 Å². The molecule has 148 valence electrons. The maximum absolute atomic E-state index is 13.8. The van der Waals surface area contributed by atoms with Crippen molar-refractivity contribution in [2.45, 2.75) is 19.8 Å². The molecule has 3 rings (SSSR count). The Morgan fingerprint density at radius 2 is 1.41 bits per heavy atom. The van der Waals surface area contributed by atoms with E-state index >= 15 is 0 Å². The van der Waals surface area contributed by atoms with Crippen LogP contribution in [-0.4, -0.2) is 12.3 Å². The molecular weight excluding hydrogens is 368 g/mol. The van der Waals surface area contributed by atoms with Crippen molar-refractivity contribution < 1.29 is 13.6 Å². The van der Waals surface area contributed by atoms with Gasteiger partial charge in [-0.15, -0.1) is 0 Å². The van der Waals surface area contributed by atoms with Crippen LogP contribution in [0.25, 0.3) is 16.7 Å². The summed E-state index contributed by atoms with van der Waals surface area (Å²) < 4.78 is 27.6. The molecule has 0 aliphatic carbocycles. The Kier molecular flexibility index (Phi) is 6.90. The first-order chi connectivity index (χ1) is 14.1. The fourth-order valence-electron chi connectivity index (χ4n) is 3.13. The number of allylic oxidation sites excluding steroid dienone is 1. The SMILES string of the molecule is CC[C@@H](/C=C(\c1ccc(-c2ccccc2)cc1)C(F)F)C(=O)Nc1ccccc1. The standard InChI is InChI=1S/C25H23F2NO/c1-2-18(25(29)28-22-11-7-4-8-12-22)17-23(24(26)27)21-15-13-20(14-16-21)19-9-5-3-6-10-19/h3-18,24H,2H2,1H3,(H,28,29)/b23-17+/t18-/m0/s1. The second-order valence-corrected chi connectivity index (χ2v) is 6.74. The molecule has 1 atom stereocenters. The summed E-state index contributed by atoms with van der Waals surface area (Å²) in [5.41, 5.74) is 2.92. The van der Waals surface area contributed by atoms with Crippen LogP contribution in [0.4, 0.5) is 14.5 Å². The number of halogens is 2. The highest BCUT2D eigenvalue weighted by molar-refractivity contribution is 5.94. The molecule has 0 radical (unpaired) electrons. The Labute approximate surface area is 169 Å².